The minimum atomic E-state index is -0.607. The number of aryl methyl sites for hydroxylation is 2. The van der Waals surface area contributed by atoms with Crippen molar-refractivity contribution in [1.29, 1.82) is 0 Å². The van der Waals surface area contributed by atoms with E-state index < -0.39 is 17.8 Å². The number of urea groups is 1. The number of rotatable bonds is 5. The van der Waals surface area contributed by atoms with E-state index in [1.807, 2.05) is 62.5 Å². The Morgan fingerprint density at radius 3 is 2.70 bits per heavy atom. The zero-order valence-electron chi connectivity index (χ0n) is 16.8. The highest BCUT2D eigenvalue weighted by molar-refractivity contribution is 6.16. The van der Waals surface area contributed by atoms with E-state index in [1.54, 1.807) is 12.1 Å². The number of fused-ring (bicyclic) bond motifs is 1. The Morgan fingerprint density at radius 1 is 1.13 bits per heavy atom. The van der Waals surface area contributed by atoms with E-state index in [9.17, 15) is 14.4 Å². The summed E-state index contributed by atoms with van der Waals surface area (Å²) in [5, 5.41) is 6.29. The molecule has 4 rings (SSSR count). The predicted molar refractivity (Wildman–Crippen MR) is 116 cm³/mol. The van der Waals surface area contributed by atoms with E-state index in [4.69, 9.17) is 0 Å². The second-order valence-electron chi connectivity index (χ2n) is 7.18. The van der Waals surface area contributed by atoms with Gasteiger partial charge in [0.25, 0.3) is 5.91 Å². The van der Waals surface area contributed by atoms with Crippen LogP contribution in [0.15, 0.2) is 60.4 Å². The van der Waals surface area contributed by atoms with Gasteiger partial charge in [0.15, 0.2) is 0 Å². The number of hydrogen-bond donors (Lipinski definition) is 2. The molecule has 0 spiro atoms. The molecule has 2 aromatic carbocycles. The second kappa shape index (κ2) is 7.87. The first-order valence-electron chi connectivity index (χ1n) is 9.75. The van der Waals surface area contributed by atoms with Crippen molar-refractivity contribution in [3.8, 4) is 0 Å². The van der Waals surface area contributed by atoms with Gasteiger partial charge in [-0.15, -0.1) is 0 Å². The Morgan fingerprint density at radius 2 is 1.93 bits per heavy atom. The lowest BCUT2D eigenvalue weighted by Gasteiger charge is -2.12. The molecule has 30 heavy (non-hydrogen) atoms. The van der Waals surface area contributed by atoms with Crippen LogP contribution in [-0.2, 0) is 16.1 Å². The standard InChI is InChI=1S/C23H22N4O3/c1-3-26-13-16(18-9-4-5-10-20(18)26)12-19-22(29)27(23(30)25-19)14-21(28)24-17-8-6-7-15(2)11-17/h4-13H,3,14H2,1-2H3,(H,24,28)(H,25,30)/b19-12-. The van der Waals surface area contributed by atoms with Crippen LogP contribution in [-0.4, -0.2) is 33.9 Å². The van der Waals surface area contributed by atoms with E-state index in [0.717, 1.165) is 33.5 Å². The summed E-state index contributed by atoms with van der Waals surface area (Å²) in [4.78, 5) is 38.3. The maximum Gasteiger partial charge on any atom is 0.329 e. The van der Waals surface area contributed by atoms with Gasteiger partial charge in [-0.1, -0.05) is 30.3 Å². The van der Waals surface area contributed by atoms with Crippen molar-refractivity contribution in [1.82, 2.24) is 14.8 Å². The topological polar surface area (TPSA) is 83.4 Å². The molecular weight excluding hydrogens is 380 g/mol. The first-order chi connectivity index (χ1) is 14.5. The number of carbonyl (C=O) groups excluding carboxylic acids is 3. The highest BCUT2D eigenvalue weighted by atomic mass is 16.2. The van der Waals surface area contributed by atoms with E-state index in [1.165, 1.54) is 0 Å². The molecule has 4 amide bonds. The Hall–Kier alpha value is -3.87. The molecule has 1 aliphatic heterocycles. The third-order valence-corrected chi connectivity index (χ3v) is 5.03. The lowest BCUT2D eigenvalue weighted by atomic mass is 10.1. The van der Waals surface area contributed by atoms with Gasteiger partial charge in [-0.05, 0) is 43.7 Å². The highest BCUT2D eigenvalue weighted by Gasteiger charge is 2.35. The van der Waals surface area contributed by atoms with E-state index in [0.29, 0.717) is 5.69 Å². The number of nitrogens with zero attached hydrogens (tertiary/aromatic N) is 2. The maximum atomic E-state index is 12.8. The molecule has 0 unspecified atom stereocenters. The zero-order chi connectivity index (χ0) is 21.3. The first-order valence-corrected chi connectivity index (χ1v) is 9.75. The van der Waals surface area contributed by atoms with Crippen LogP contribution in [0.5, 0.6) is 0 Å². The fraction of sp³-hybridized carbons (Fsp3) is 0.174. The number of aromatic nitrogens is 1. The van der Waals surface area contributed by atoms with Gasteiger partial charge in [0.1, 0.15) is 12.2 Å². The van der Waals surface area contributed by atoms with Gasteiger partial charge in [-0.2, -0.15) is 0 Å². The molecule has 0 saturated carbocycles. The molecule has 1 saturated heterocycles. The molecular formula is C23H22N4O3. The van der Waals surface area contributed by atoms with Crippen LogP contribution in [0.2, 0.25) is 0 Å². The lowest BCUT2D eigenvalue weighted by molar-refractivity contribution is -0.127. The van der Waals surface area contributed by atoms with Gasteiger partial charge in [0, 0.05) is 34.9 Å². The van der Waals surface area contributed by atoms with Crippen molar-refractivity contribution in [2.45, 2.75) is 20.4 Å². The number of anilines is 1. The SMILES string of the molecule is CCn1cc(/C=C2\NC(=O)N(CC(=O)Nc3cccc(C)c3)C2=O)c2ccccc21. The molecule has 0 radical (unpaired) electrons. The average Bonchev–Trinajstić information content (AvgIpc) is 3.20. The molecule has 3 aromatic rings. The third kappa shape index (κ3) is 3.69. The largest absolute Gasteiger partial charge is 0.347 e. The third-order valence-electron chi connectivity index (χ3n) is 5.03. The quantitative estimate of drug-likeness (QED) is 0.506. The number of imide groups is 1. The van der Waals surface area contributed by atoms with E-state index in [-0.39, 0.29) is 12.2 Å². The Bertz CT molecular complexity index is 1190. The van der Waals surface area contributed by atoms with Crippen molar-refractivity contribution in [3.05, 3.63) is 71.6 Å². The van der Waals surface area contributed by atoms with E-state index >= 15 is 0 Å². The van der Waals surface area contributed by atoms with Crippen molar-refractivity contribution in [2.75, 3.05) is 11.9 Å². The molecule has 1 fully saturated rings. The molecule has 2 heterocycles. The number of amides is 4. The lowest BCUT2D eigenvalue weighted by Crippen LogP contribution is -2.38. The Kier molecular flexibility index (Phi) is 5.10. The molecule has 1 aromatic heterocycles. The van der Waals surface area contributed by atoms with Crippen molar-refractivity contribution in [2.24, 2.45) is 0 Å². The highest BCUT2D eigenvalue weighted by Crippen LogP contribution is 2.24. The molecule has 0 aliphatic carbocycles. The summed E-state index contributed by atoms with van der Waals surface area (Å²) in [7, 11) is 0. The summed E-state index contributed by atoms with van der Waals surface area (Å²) in [5.41, 5.74) is 3.66. The number of carbonyl (C=O) groups is 3. The van der Waals surface area contributed by atoms with Gasteiger partial charge < -0.3 is 15.2 Å². The fourth-order valence-electron chi connectivity index (χ4n) is 3.59. The first kappa shape index (κ1) is 19.4. The van der Waals surface area contributed by atoms with Crippen LogP contribution in [0.25, 0.3) is 17.0 Å². The summed E-state index contributed by atoms with van der Waals surface area (Å²) in [5.74, 6) is -0.958. The van der Waals surface area contributed by atoms with Crippen LogP contribution in [0, 0.1) is 6.92 Å². The van der Waals surface area contributed by atoms with Crippen LogP contribution in [0.4, 0.5) is 10.5 Å². The summed E-state index contributed by atoms with van der Waals surface area (Å²) < 4.78 is 2.08. The molecule has 1 aliphatic rings. The van der Waals surface area contributed by atoms with Gasteiger partial charge in [0.05, 0.1) is 0 Å². The zero-order valence-corrected chi connectivity index (χ0v) is 16.8. The summed E-state index contributed by atoms with van der Waals surface area (Å²) in [6.07, 6.45) is 3.61. The fourth-order valence-corrected chi connectivity index (χ4v) is 3.59. The van der Waals surface area contributed by atoms with Crippen molar-refractivity contribution >= 4 is 40.5 Å². The Balaban J connectivity index is 1.54. The van der Waals surface area contributed by atoms with Crippen LogP contribution >= 0.6 is 0 Å². The normalized spacial score (nSPS) is 15.1. The van der Waals surface area contributed by atoms with Crippen LogP contribution in [0.3, 0.4) is 0 Å². The predicted octanol–water partition coefficient (Wildman–Crippen LogP) is 3.50. The maximum absolute atomic E-state index is 12.8. The number of nitrogens with one attached hydrogen (secondary N) is 2. The minimum absolute atomic E-state index is 0.155. The number of hydrogen-bond acceptors (Lipinski definition) is 3. The minimum Gasteiger partial charge on any atom is -0.347 e. The summed E-state index contributed by atoms with van der Waals surface area (Å²) >= 11 is 0. The molecule has 0 bridgehead atoms. The van der Waals surface area contributed by atoms with Crippen molar-refractivity contribution < 1.29 is 14.4 Å². The van der Waals surface area contributed by atoms with Gasteiger partial charge in [-0.25, -0.2) is 9.69 Å². The molecule has 7 heteroatoms. The smallest absolute Gasteiger partial charge is 0.329 e. The van der Waals surface area contributed by atoms with Gasteiger partial charge in [0.2, 0.25) is 5.91 Å². The Labute approximate surface area is 174 Å². The summed E-state index contributed by atoms with van der Waals surface area (Å²) in [6.45, 7) is 4.39. The van der Waals surface area contributed by atoms with Gasteiger partial charge >= 0.3 is 6.03 Å². The molecule has 2 N–H and O–H groups in total. The van der Waals surface area contributed by atoms with Crippen molar-refractivity contribution in [3.63, 3.8) is 0 Å². The molecule has 7 nitrogen and oxygen atoms in total. The van der Waals surface area contributed by atoms with Crippen LogP contribution in [0.1, 0.15) is 18.1 Å². The average molecular weight is 402 g/mol. The van der Waals surface area contributed by atoms with Crippen LogP contribution < -0.4 is 10.6 Å². The molecule has 152 valence electrons. The number of benzene rings is 2. The van der Waals surface area contributed by atoms with E-state index in [2.05, 4.69) is 15.2 Å². The molecule has 0 atom stereocenters. The van der Waals surface area contributed by atoms with Gasteiger partial charge in [-0.3, -0.25) is 9.59 Å². The monoisotopic (exact) mass is 402 g/mol. The second-order valence-corrected chi connectivity index (χ2v) is 7.18. The summed E-state index contributed by atoms with van der Waals surface area (Å²) in [6, 6.07) is 14.6. The number of para-hydroxylation sites is 1.